The molecule has 4 heteroatoms. The summed E-state index contributed by atoms with van der Waals surface area (Å²) in [6.45, 7) is 1.79. The summed E-state index contributed by atoms with van der Waals surface area (Å²) in [5.74, 6) is -0.721. The average molecular weight is 313 g/mol. The van der Waals surface area contributed by atoms with E-state index >= 15 is 0 Å². The lowest BCUT2D eigenvalue weighted by molar-refractivity contribution is -0.134. The first kappa shape index (κ1) is 16.7. The third-order valence-electron chi connectivity index (χ3n) is 3.65. The number of allylic oxidation sites excluding steroid dienone is 1. The van der Waals surface area contributed by atoms with Gasteiger partial charge in [0.05, 0.1) is 7.11 Å². The van der Waals surface area contributed by atoms with Gasteiger partial charge in [-0.15, -0.1) is 0 Å². The molecule has 3 nitrogen and oxygen atoms in total. The third-order valence-corrected chi connectivity index (χ3v) is 3.65. The third kappa shape index (κ3) is 3.97. The number of hydrogen-bond donors (Lipinski definition) is 0. The van der Waals surface area contributed by atoms with Gasteiger partial charge in [-0.2, -0.15) is 0 Å². The average Bonchev–Trinajstić information content (AvgIpc) is 2.55. The summed E-state index contributed by atoms with van der Waals surface area (Å²) in [5, 5.41) is 0. The van der Waals surface area contributed by atoms with Gasteiger partial charge in [0.15, 0.2) is 0 Å². The summed E-state index contributed by atoms with van der Waals surface area (Å²) >= 11 is 0. The zero-order valence-electron chi connectivity index (χ0n) is 13.8. The van der Waals surface area contributed by atoms with Crippen LogP contribution >= 0.6 is 0 Å². The van der Waals surface area contributed by atoms with Crippen molar-refractivity contribution in [3.8, 4) is 11.1 Å². The Morgan fingerprint density at radius 1 is 1.13 bits per heavy atom. The molecule has 0 bridgehead atoms. The molecule has 0 unspecified atom stereocenters. The second-order valence-electron chi connectivity index (χ2n) is 5.49. The predicted octanol–water partition coefficient (Wildman–Crippen LogP) is 4.14. The van der Waals surface area contributed by atoms with Gasteiger partial charge in [-0.1, -0.05) is 18.2 Å². The van der Waals surface area contributed by atoms with E-state index in [2.05, 4.69) is 4.74 Å². The number of ether oxygens (including phenoxy) is 1. The topological polar surface area (TPSA) is 29.5 Å². The Morgan fingerprint density at radius 3 is 2.35 bits per heavy atom. The molecule has 0 spiro atoms. The minimum Gasteiger partial charge on any atom is -0.466 e. The quantitative estimate of drug-likeness (QED) is 0.628. The van der Waals surface area contributed by atoms with Crippen molar-refractivity contribution in [2.45, 2.75) is 6.92 Å². The van der Waals surface area contributed by atoms with Crippen molar-refractivity contribution in [1.29, 1.82) is 0 Å². The second-order valence-corrected chi connectivity index (χ2v) is 5.49. The van der Waals surface area contributed by atoms with Crippen LogP contribution in [0.2, 0.25) is 0 Å². The largest absolute Gasteiger partial charge is 0.466 e. The van der Waals surface area contributed by atoms with E-state index in [1.807, 2.05) is 43.3 Å². The molecule has 0 radical (unpaired) electrons. The van der Waals surface area contributed by atoms with E-state index in [1.165, 1.54) is 19.3 Å². The molecular formula is C19H20FNO2. The van der Waals surface area contributed by atoms with Gasteiger partial charge in [-0.3, -0.25) is 0 Å². The Labute approximate surface area is 136 Å². The maximum absolute atomic E-state index is 14.2. The number of nitrogens with zero attached hydrogens (tertiary/aromatic N) is 1. The molecule has 0 aliphatic carbocycles. The van der Waals surface area contributed by atoms with Gasteiger partial charge < -0.3 is 9.64 Å². The molecule has 0 aliphatic heterocycles. The van der Waals surface area contributed by atoms with Gasteiger partial charge in [-0.05, 0) is 47.9 Å². The second kappa shape index (κ2) is 7.09. The normalized spacial score (nSPS) is 11.3. The van der Waals surface area contributed by atoms with Crippen molar-refractivity contribution in [3.63, 3.8) is 0 Å². The number of esters is 1. The van der Waals surface area contributed by atoms with Crippen LogP contribution in [0.5, 0.6) is 0 Å². The molecule has 0 amide bonds. The number of halogens is 1. The Morgan fingerprint density at radius 2 is 1.78 bits per heavy atom. The van der Waals surface area contributed by atoms with Crippen LogP contribution in [0.3, 0.4) is 0 Å². The lowest BCUT2D eigenvalue weighted by Crippen LogP contribution is -2.07. The fraction of sp³-hybridized carbons (Fsp3) is 0.211. The molecule has 0 fully saturated rings. The summed E-state index contributed by atoms with van der Waals surface area (Å²) in [7, 11) is 5.24. The maximum Gasteiger partial charge on any atom is 0.330 e. The minimum absolute atomic E-state index is 0.294. The molecule has 2 aromatic carbocycles. The molecule has 23 heavy (non-hydrogen) atoms. The zero-order valence-corrected chi connectivity index (χ0v) is 13.8. The summed E-state index contributed by atoms with van der Waals surface area (Å²) in [4.78, 5) is 13.3. The lowest BCUT2D eigenvalue weighted by Gasteiger charge is -2.13. The van der Waals surface area contributed by atoms with Crippen LogP contribution in [0.15, 0.2) is 48.5 Å². The summed E-state index contributed by atoms with van der Waals surface area (Å²) in [6.07, 6.45) is 1.39. The highest BCUT2D eigenvalue weighted by molar-refractivity contribution is 5.91. The number of carbonyl (C=O) groups excluding carboxylic acids is 1. The van der Waals surface area contributed by atoms with Crippen molar-refractivity contribution in [2.24, 2.45) is 0 Å². The molecule has 0 N–H and O–H groups in total. The Bertz CT molecular complexity index is 734. The molecule has 120 valence electrons. The number of hydrogen-bond acceptors (Lipinski definition) is 3. The number of rotatable bonds is 4. The molecule has 0 aliphatic rings. The smallest absolute Gasteiger partial charge is 0.330 e. The first-order valence-electron chi connectivity index (χ1n) is 7.26. The van der Waals surface area contributed by atoms with E-state index in [9.17, 15) is 9.18 Å². The molecule has 0 saturated carbocycles. The number of benzene rings is 2. The summed E-state index contributed by atoms with van der Waals surface area (Å²) < 4.78 is 18.8. The summed E-state index contributed by atoms with van der Waals surface area (Å²) in [5.41, 5.74) is 3.85. The molecular weight excluding hydrogens is 293 g/mol. The molecule has 2 rings (SSSR count). The maximum atomic E-state index is 14.2. The monoisotopic (exact) mass is 313 g/mol. The number of carbonyl (C=O) groups is 1. The van der Waals surface area contributed by atoms with Gasteiger partial charge in [0.1, 0.15) is 5.82 Å². The van der Waals surface area contributed by atoms with E-state index < -0.39 is 5.97 Å². The van der Waals surface area contributed by atoms with Crippen LogP contribution in [-0.2, 0) is 9.53 Å². The lowest BCUT2D eigenvalue weighted by atomic mass is 9.98. The van der Waals surface area contributed by atoms with Gasteiger partial charge in [-0.25, -0.2) is 9.18 Å². The van der Waals surface area contributed by atoms with Crippen LogP contribution in [-0.4, -0.2) is 27.2 Å². The van der Waals surface area contributed by atoms with Crippen molar-refractivity contribution in [1.82, 2.24) is 0 Å². The highest BCUT2D eigenvalue weighted by Crippen LogP contribution is 2.28. The Hall–Kier alpha value is -2.62. The van der Waals surface area contributed by atoms with E-state index in [1.54, 1.807) is 19.1 Å². The molecule has 0 atom stereocenters. The van der Waals surface area contributed by atoms with E-state index in [0.717, 1.165) is 22.4 Å². The van der Waals surface area contributed by atoms with Crippen LogP contribution in [0.1, 0.15) is 12.5 Å². The van der Waals surface area contributed by atoms with Gasteiger partial charge in [0, 0.05) is 31.4 Å². The standard InChI is InChI=1S/C19H20FNO2/c1-13(11-19(22)23-4)15-7-10-18(20)17(12-15)14-5-8-16(9-6-14)21(2)3/h5-12H,1-4H3/b13-11+. The zero-order chi connectivity index (χ0) is 17.0. The van der Waals surface area contributed by atoms with Crippen LogP contribution < -0.4 is 4.90 Å². The molecule has 2 aromatic rings. The molecule has 0 heterocycles. The minimum atomic E-state index is -0.427. The van der Waals surface area contributed by atoms with Crippen molar-refractivity contribution in [2.75, 3.05) is 26.1 Å². The van der Waals surface area contributed by atoms with E-state index in [-0.39, 0.29) is 5.82 Å². The van der Waals surface area contributed by atoms with Crippen molar-refractivity contribution < 1.29 is 13.9 Å². The predicted molar refractivity (Wildman–Crippen MR) is 91.8 cm³/mol. The highest BCUT2D eigenvalue weighted by Gasteiger charge is 2.09. The van der Waals surface area contributed by atoms with Crippen molar-refractivity contribution >= 4 is 17.2 Å². The van der Waals surface area contributed by atoms with E-state index in [4.69, 9.17) is 0 Å². The summed E-state index contributed by atoms with van der Waals surface area (Å²) in [6, 6.07) is 12.5. The van der Waals surface area contributed by atoms with Crippen LogP contribution in [0, 0.1) is 5.82 Å². The van der Waals surface area contributed by atoms with Gasteiger partial charge >= 0.3 is 5.97 Å². The highest BCUT2D eigenvalue weighted by atomic mass is 19.1. The van der Waals surface area contributed by atoms with Crippen LogP contribution in [0.4, 0.5) is 10.1 Å². The van der Waals surface area contributed by atoms with Crippen molar-refractivity contribution in [3.05, 3.63) is 59.9 Å². The van der Waals surface area contributed by atoms with Gasteiger partial charge in [0.2, 0.25) is 0 Å². The fourth-order valence-electron chi connectivity index (χ4n) is 2.25. The molecule has 0 aromatic heterocycles. The first-order chi connectivity index (χ1) is 10.9. The number of methoxy groups -OCH3 is 1. The Kier molecular flexibility index (Phi) is 5.16. The fourth-order valence-corrected chi connectivity index (χ4v) is 2.25. The molecule has 0 saturated heterocycles. The SMILES string of the molecule is COC(=O)/C=C(\C)c1ccc(F)c(-c2ccc(N(C)C)cc2)c1. The number of anilines is 1. The van der Waals surface area contributed by atoms with Crippen LogP contribution in [0.25, 0.3) is 16.7 Å². The first-order valence-corrected chi connectivity index (χ1v) is 7.26. The van der Waals surface area contributed by atoms with E-state index in [0.29, 0.717) is 5.56 Å². The van der Waals surface area contributed by atoms with Gasteiger partial charge in [0.25, 0.3) is 0 Å². The Balaban J connectivity index is 2.41.